The Morgan fingerprint density at radius 3 is 1.89 bits per heavy atom. The van der Waals surface area contributed by atoms with Crippen molar-refractivity contribution in [1.29, 1.82) is 0 Å². The van der Waals surface area contributed by atoms with Crippen LogP contribution in [0.15, 0.2) is 212 Å². The zero-order valence-electron chi connectivity index (χ0n) is 34.0. The van der Waals surface area contributed by atoms with Crippen LogP contribution in [0.5, 0.6) is 0 Å². The van der Waals surface area contributed by atoms with E-state index in [1.807, 2.05) is 17.4 Å². The number of rotatable bonds is 4. The molecule has 63 heavy (non-hydrogen) atoms. The monoisotopic (exact) mass is 817 g/mol. The molecular formula is C59H35N3S. The Kier molecular flexibility index (Phi) is 7.20. The number of fused-ring (bicyclic) bond motifs is 15. The molecule has 4 heterocycles. The third-order valence-corrected chi connectivity index (χ3v) is 14.8. The minimum Gasteiger partial charge on any atom is -0.309 e. The van der Waals surface area contributed by atoms with Gasteiger partial charge in [-0.1, -0.05) is 170 Å². The van der Waals surface area contributed by atoms with Crippen molar-refractivity contribution in [3.8, 4) is 61.8 Å². The summed E-state index contributed by atoms with van der Waals surface area (Å²) in [5, 5.41) is 5.15. The van der Waals surface area contributed by atoms with E-state index in [4.69, 9.17) is 9.97 Å². The molecule has 12 aromatic rings. The molecule has 3 nitrogen and oxygen atoms in total. The van der Waals surface area contributed by atoms with Crippen LogP contribution < -0.4 is 0 Å². The predicted molar refractivity (Wildman–Crippen MR) is 262 cm³/mol. The van der Waals surface area contributed by atoms with Crippen molar-refractivity contribution >= 4 is 53.3 Å². The normalized spacial score (nSPS) is 14.7. The van der Waals surface area contributed by atoms with Gasteiger partial charge >= 0.3 is 0 Å². The van der Waals surface area contributed by atoms with Crippen LogP contribution in [0, 0.1) is 0 Å². The van der Waals surface area contributed by atoms with Crippen molar-refractivity contribution in [1.82, 2.24) is 14.5 Å². The lowest BCUT2D eigenvalue weighted by Gasteiger charge is -2.39. The molecule has 292 valence electrons. The van der Waals surface area contributed by atoms with Crippen LogP contribution in [0.1, 0.15) is 22.3 Å². The van der Waals surface area contributed by atoms with Crippen LogP contribution >= 0.6 is 11.3 Å². The molecule has 3 aromatic heterocycles. The maximum absolute atomic E-state index is 5.24. The summed E-state index contributed by atoms with van der Waals surface area (Å²) in [6.45, 7) is 0. The lowest BCUT2D eigenvalue weighted by Crippen LogP contribution is -2.33. The van der Waals surface area contributed by atoms with Gasteiger partial charge < -0.3 is 4.57 Å². The molecule has 14 rings (SSSR count). The van der Waals surface area contributed by atoms with E-state index in [9.17, 15) is 0 Å². The molecular weight excluding hydrogens is 783 g/mol. The summed E-state index contributed by atoms with van der Waals surface area (Å²) in [6, 6.07) is 77.8. The zero-order valence-corrected chi connectivity index (χ0v) is 34.8. The average molecular weight is 818 g/mol. The number of para-hydroxylation sites is 3. The first kappa shape index (κ1) is 34.8. The summed E-state index contributed by atoms with van der Waals surface area (Å²) in [5.74, 6) is 0.714. The molecule has 0 fully saturated rings. The van der Waals surface area contributed by atoms with E-state index in [0.717, 1.165) is 33.6 Å². The van der Waals surface area contributed by atoms with E-state index >= 15 is 0 Å². The smallest absolute Gasteiger partial charge is 0.160 e. The minimum absolute atomic E-state index is 0.475. The molecule has 2 aliphatic rings. The Hall–Kier alpha value is -7.92. The fraction of sp³-hybridized carbons (Fsp3) is 0.0169. The molecule has 1 aliphatic heterocycles. The molecule has 1 spiro atoms. The minimum atomic E-state index is -0.475. The maximum atomic E-state index is 5.24. The Labute approximate surface area is 367 Å². The third kappa shape index (κ3) is 4.84. The van der Waals surface area contributed by atoms with Crippen LogP contribution in [-0.2, 0) is 5.41 Å². The van der Waals surface area contributed by atoms with Gasteiger partial charge in [-0.25, -0.2) is 9.97 Å². The number of nitrogens with zero attached hydrogens (tertiary/aromatic N) is 3. The van der Waals surface area contributed by atoms with Crippen LogP contribution in [0.3, 0.4) is 0 Å². The molecule has 9 aromatic carbocycles. The molecule has 0 radical (unpaired) electrons. The molecule has 4 heteroatoms. The SMILES string of the molecule is c1ccc(-c2nc(-c3cccc(-c4ccc5c(c4)-c4ccccc4C54c5ccccc5-n5c6ccccc6c6cccc4c65)c3)cc(-c3ccc4c(c3)sc3ccccc34)n2)cc1. The van der Waals surface area contributed by atoms with Gasteiger partial charge in [0.05, 0.1) is 33.5 Å². The lowest BCUT2D eigenvalue weighted by atomic mass is 9.65. The average Bonchev–Trinajstić information content (AvgIpc) is 4.00. The van der Waals surface area contributed by atoms with Gasteiger partial charge in [-0.2, -0.15) is 0 Å². The fourth-order valence-electron chi connectivity index (χ4n) is 10.9. The second-order valence-electron chi connectivity index (χ2n) is 16.8. The highest BCUT2D eigenvalue weighted by atomic mass is 32.1. The topological polar surface area (TPSA) is 30.7 Å². The lowest BCUT2D eigenvalue weighted by molar-refractivity contribution is 0.748. The van der Waals surface area contributed by atoms with Crippen molar-refractivity contribution in [2.75, 3.05) is 0 Å². The summed E-state index contributed by atoms with van der Waals surface area (Å²) in [7, 11) is 0. The van der Waals surface area contributed by atoms with Crippen molar-refractivity contribution in [3.63, 3.8) is 0 Å². The molecule has 1 atom stereocenters. The number of thiophene rings is 1. The van der Waals surface area contributed by atoms with Gasteiger partial charge in [0.1, 0.15) is 0 Å². The van der Waals surface area contributed by atoms with Gasteiger partial charge in [0.15, 0.2) is 5.82 Å². The summed E-state index contributed by atoms with van der Waals surface area (Å²) in [4.78, 5) is 10.4. The van der Waals surface area contributed by atoms with Crippen molar-refractivity contribution < 1.29 is 0 Å². The number of hydrogen-bond acceptors (Lipinski definition) is 3. The van der Waals surface area contributed by atoms with Gasteiger partial charge in [0, 0.05) is 47.6 Å². The number of hydrogen-bond donors (Lipinski definition) is 0. The Morgan fingerprint density at radius 1 is 0.365 bits per heavy atom. The molecule has 0 saturated carbocycles. The van der Waals surface area contributed by atoms with E-state index in [1.165, 1.54) is 86.6 Å². The maximum Gasteiger partial charge on any atom is 0.160 e. The van der Waals surface area contributed by atoms with E-state index in [2.05, 4.69) is 211 Å². The Bertz CT molecular complexity index is 3880. The predicted octanol–water partition coefficient (Wildman–Crippen LogP) is 15.3. The van der Waals surface area contributed by atoms with E-state index < -0.39 is 5.41 Å². The van der Waals surface area contributed by atoms with Crippen LogP contribution in [0.4, 0.5) is 0 Å². The second-order valence-corrected chi connectivity index (χ2v) is 17.9. The standard InChI is InChI=1S/C59H35N3S/c1-2-14-36(15-3-1)58-60-51(35-52(61-58)40-28-30-44-43-20-6-11-27-55(43)63-56(44)34-40)39-17-12-16-37(32-39)38-29-31-48-46(33-38)41-18-4-7-22-47(41)59(48)49-23-8-10-26-54(49)62-53-25-9-5-19-42(53)45-21-13-24-50(59)57(45)62/h1-35H. The first-order valence-electron chi connectivity index (χ1n) is 21.6. The van der Waals surface area contributed by atoms with E-state index in [-0.39, 0.29) is 0 Å². The largest absolute Gasteiger partial charge is 0.309 e. The number of aromatic nitrogens is 3. The van der Waals surface area contributed by atoms with Crippen LogP contribution in [-0.4, -0.2) is 14.5 Å². The van der Waals surface area contributed by atoms with Crippen LogP contribution in [0.25, 0.3) is 104 Å². The Morgan fingerprint density at radius 2 is 0.984 bits per heavy atom. The van der Waals surface area contributed by atoms with Gasteiger partial charge in [-0.3, -0.25) is 0 Å². The quantitative estimate of drug-likeness (QED) is 0.177. The summed E-state index contributed by atoms with van der Waals surface area (Å²) >= 11 is 1.83. The van der Waals surface area contributed by atoms with Gasteiger partial charge in [0.25, 0.3) is 0 Å². The molecule has 1 unspecified atom stereocenters. The fourth-order valence-corrected chi connectivity index (χ4v) is 12.1. The molecule has 0 N–H and O–H groups in total. The second kappa shape index (κ2) is 13.0. The first-order valence-corrected chi connectivity index (χ1v) is 22.4. The van der Waals surface area contributed by atoms with Crippen molar-refractivity contribution in [2.45, 2.75) is 5.41 Å². The van der Waals surface area contributed by atoms with Gasteiger partial charge in [0.2, 0.25) is 0 Å². The Balaban J connectivity index is 0.936. The summed E-state index contributed by atoms with van der Waals surface area (Å²) < 4.78 is 5.06. The number of benzene rings is 9. The third-order valence-electron chi connectivity index (χ3n) is 13.6. The van der Waals surface area contributed by atoms with E-state index in [1.54, 1.807) is 0 Å². The first-order chi connectivity index (χ1) is 31.2. The highest BCUT2D eigenvalue weighted by Crippen LogP contribution is 2.61. The summed E-state index contributed by atoms with van der Waals surface area (Å²) in [5.41, 5.74) is 18.4. The van der Waals surface area contributed by atoms with Crippen molar-refractivity contribution in [3.05, 3.63) is 235 Å². The van der Waals surface area contributed by atoms with Gasteiger partial charge in [-0.05, 0) is 87.0 Å². The van der Waals surface area contributed by atoms with Crippen molar-refractivity contribution in [2.24, 2.45) is 0 Å². The summed E-state index contributed by atoms with van der Waals surface area (Å²) in [6.07, 6.45) is 0. The highest BCUT2D eigenvalue weighted by molar-refractivity contribution is 7.25. The highest BCUT2D eigenvalue weighted by Gasteiger charge is 2.50. The zero-order chi connectivity index (χ0) is 41.2. The van der Waals surface area contributed by atoms with Gasteiger partial charge in [-0.15, -0.1) is 11.3 Å². The molecule has 1 aliphatic carbocycles. The van der Waals surface area contributed by atoms with E-state index in [0.29, 0.717) is 5.82 Å². The molecule has 0 saturated heterocycles. The van der Waals surface area contributed by atoms with Crippen LogP contribution in [0.2, 0.25) is 0 Å². The molecule has 0 bridgehead atoms. The molecule has 0 amide bonds.